The Bertz CT molecular complexity index is 717. The summed E-state index contributed by atoms with van der Waals surface area (Å²) in [5, 5.41) is 12.7. The SMILES string of the molecule is CC(C)C(C#N)(CCCN1CCCC1)c1cccc2ccccc12. The van der Waals surface area contributed by atoms with Gasteiger partial charge in [0.25, 0.3) is 0 Å². The minimum atomic E-state index is -0.402. The number of fused-ring (bicyclic) bond motifs is 1. The van der Waals surface area contributed by atoms with Crippen LogP contribution in [0.25, 0.3) is 10.8 Å². The third kappa shape index (κ3) is 3.19. The van der Waals surface area contributed by atoms with E-state index in [9.17, 15) is 5.26 Å². The Kier molecular flexibility index (Phi) is 5.21. The molecular formula is C22H28N2. The zero-order valence-electron chi connectivity index (χ0n) is 15.0. The third-order valence-electron chi connectivity index (χ3n) is 5.70. The molecule has 126 valence electrons. The van der Waals surface area contributed by atoms with E-state index in [2.05, 4.69) is 67.3 Å². The van der Waals surface area contributed by atoms with Gasteiger partial charge >= 0.3 is 0 Å². The van der Waals surface area contributed by atoms with E-state index in [1.165, 1.54) is 42.3 Å². The molecule has 24 heavy (non-hydrogen) atoms. The highest BCUT2D eigenvalue weighted by atomic mass is 15.1. The van der Waals surface area contributed by atoms with Gasteiger partial charge in [-0.3, -0.25) is 0 Å². The van der Waals surface area contributed by atoms with Crippen LogP contribution in [0.3, 0.4) is 0 Å². The predicted octanol–water partition coefficient (Wildman–Crippen LogP) is 5.13. The zero-order chi connectivity index (χ0) is 17.0. The van der Waals surface area contributed by atoms with Crippen molar-refractivity contribution in [2.75, 3.05) is 19.6 Å². The van der Waals surface area contributed by atoms with E-state index in [4.69, 9.17) is 0 Å². The second-order valence-electron chi connectivity index (χ2n) is 7.42. The van der Waals surface area contributed by atoms with Crippen LogP contribution in [-0.4, -0.2) is 24.5 Å². The molecule has 0 aliphatic carbocycles. The van der Waals surface area contributed by atoms with Gasteiger partial charge < -0.3 is 4.90 Å². The van der Waals surface area contributed by atoms with Gasteiger partial charge in [-0.1, -0.05) is 56.3 Å². The minimum Gasteiger partial charge on any atom is -0.303 e. The molecule has 0 amide bonds. The van der Waals surface area contributed by atoms with E-state index in [0.29, 0.717) is 5.92 Å². The van der Waals surface area contributed by atoms with Crippen molar-refractivity contribution in [1.29, 1.82) is 5.26 Å². The first-order valence-electron chi connectivity index (χ1n) is 9.29. The van der Waals surface area contributed by atoms with Crippen LogP contribution in [-0.2, 0) is 5.41 Å². The maximum Gasteiger partial charge on any atom is 0.0851 e. The molecule has 2 nitrogen and oxygen atoms in total. The lowest BCUT2D eigenvalue weighted by Gasteiger charge is -2.33. The third-order valence-corrected chi connectivity index (χ3v) is 5.70. The Morgan fingerprint density at radius 3 is 2.50 bits per heavy atom. The summed E-state index contributed by atoms with van der Waals surface area (Å²) in [6.45, 7) is 7.98. The molecule has 1 aliphatic rings. The number of rotatable bonds is 6. The summed E-state index contributed by atoms with van der Waals surface area (Å²) in [5.41, 5.74) is 0.806. The van der Waals surface area contributed by atoms with E-state index >= 15 is 0 Å². The standard InChI is InChI=1S/C22H28N2/c1-18(2)22(17-23,13-8-16-24-14-5-6-15-24)21-12-7-10-19-9-3-4-11-20(19)21/h3-4,7,9-12,18H,5-6,8,13-16H2,1-2H3. The molecule has 0 N–H and O–H groups in total. The van der Waals surface area contributed by atoms with Crippen LogP contribution in [0.4, 0.5) is 0 Å². The maximum atomic E-state index is 10.2. The predicted molar refractivity (Wildman–Crippen MR) is 101 cm³/mol. The Morgan fingerprint density at radius 2 is 1.79 bits per heavy atom. The van der Waals surface area contributed by atoms with E-state index in [-0.39, 0.29) is 0 Å². The fourth-order valence-corrected chi connectivity index (χ4v) is 4.18. The van der Waals surface area contributed by atoms with Gasteiger partial charge in [-0.15, -0.1) is 0 Å². The van der Waals surface area contributed by atoms with Gasteiger partial charge in [-0.2, -0.15) is 5.26 Å². The van der Waals surface area contributed by atoms with Gasteiger partial charge in [0.1, 0.15) is 0 Å². The quantitative estimate of drug-likeness (QED) is 0.737. The van der Waals surface area contributed by atoms with Crippen LogP contribution >= 0.6 is 0 Å². The van der Waals surface area contributed by atoms with Gasteiger partial charge in [0.15, 0.2) is 0 Å². The highest BCUT2D eigenvalue weighted by molar-refractivity contribution is 5.87. The number of likely N-dealkylation sites (tertiary alicyclic amines) is 1. The molecule has 1 saturated heterocycles. The largest absolute Gasteiger partial charge is 0.303 e. The number of benzene rings is 2. The van der Waals surface area contributed by atoms with Crippen molar-refractivity contribution >= 4 is 10.8 Å². The van der Waals surface area contributed by atoms with Crippen molar-refractivity contribution < 1.29 is 0 Å². The molecule has 0 spiro atoms. The lowest BCUT2D eigenvalue weighted by Crippen LogP contribution is -2.32. The van der Waals surface area contributed by atoms with Crippen molar-refractivity contribution in [1.82, 2.24) is 4.90 Å². The Morgan fingerprint density at radius 1 is 1.08 bits per heavy atom. The van der Waals surface area contributed by atoms with Crippen LogP contribution < -0.4 is 0 Å². The molecule has 0 saturated carbocycles. The molecule has 0 aromatic heterocycles. The summed E-state index contributed by atoms with van der Waals surface area (Å²) in [6, 6.07) is 17.6. The molecule has 0 bridgehead atoms. The zero-order valence-corrected chi connectivity index (χ0v) is 15.0. The number of hydrogen-bond acceptors (Lipinski definition) is 2. The maximum absolute atomic E-state index is 10.2. The van der Waals surface area contributed by atoms with Gasteiger partial charge in [0, 0.05) is 0 Å². The summed E-state index contributed by atoms with van der Waals surface area (Å²) in [4.78, 5) is 2.55. The van der Waals surface area contributed by atoms with Crippen molar-refractivity contribution in [3.63, 3.8) is 0 Å². The number of hydrogen-bond donors (Lipinski definition) is 0. The number of nitriles is 1. The molecule has 1 unspecified atom stereocenters. The summed E-state index contributed by atoms with van der Waals surface area (Å²) >= 11 is 0. The van der Waals surface area contributed by atoms with Gasteiger partial charge in [-0.05, 0) is 67.6 Å². The molecule has 1 atom stereocenters. The van der Waals surface area contributed by atoms with Gasteiger partial charge in [-0.25, -0.2) is 0 Å². The summed E-state index contributed by atoms with van der Waals surface area (Å²) < 4.78 is 0. The summed E-state index contributed by atoms with van der Waals surface area (Å²) in [5.74, 6) is 0.298. The highest BCUT2D eigenvalue weighted by Gasteiger charge is 2.36. The van der Waals surface area contributed by atoms with E-state index in [1.54, 1.807) is 0 Å². The lowest BCUT2D eigenvalue weighted by molar-refractivity contribution is 0.294. The Labute approximate surface area is 146 Å². The van der Waals surface area contributed by atoms with Crippen LogP contribution in [0.5, 0.6) is 0 Å². The molecule has 2 heteroatoms. The fourth-order valence-electron chi connectivity index (χ4n) is 4.18. The monoisotopic (exact) mass is 320 g/mol. The molecule has 1 fully saturated rings. The highest BCUT2D eigenvalue weighted by Crippen LogP contribution is 2.40. The average Bonchev–Trinajstić information content (AvgIpc) is 3.12. The minimum absolute atomic E-state index is 0.298. The van der Waals surface area contributed by atoms with Crippen LogP contribution in [0.2, 0.25) is 0 Å². The first-order chi connectivity index (χ1) is 11.7. The fraction of sp³-hybridized carbons (Fsp3) is 0.500. The van der Waals surface area contributed by atoms with Gasteiger partial charge in [0.05, 0.1) is 11.5 Å². The average molecular weight is 320 g/mol. The molecule has 2 aromatic carbocycles. The molecule has 3 rings (SSSR count). The van der Waals surface area contributed by atoms with E-state index in [1.807, 2.05) is 0 Å². The molecule has 1 aliphatic heterocycles. The van der Waals surface area contributed by atoms with Crippen LogP contribution in [0, 0.1) is 17.2 Å². The van der Waals surface area contributed by atoms with Crippen LogP contribution in [0.15, 0.2) is 42.5 Å². The van der Waals surface area contributed by atoms with Crippen molar-refractivity contribution in [2.24, 2.45) is 5.92 Å². The molecular weight excluding hydrogens is 292 g/mol. The first-order valence-corrected chi connectivity index (χ1v) is 9.29. The van der Waals surface area contributed by atoms with Crippen molar-refractivity contribution in [3.05, 3.63) is 48.0 Å². The summed E-state index contributed by atoms with van der Waals surface area (Å²) in [6.07, 6.45) is 4.69. The Balaban J connectivity index is 1.91. The Hall–Kier alpha value is -1.85. The molecule has 1 heterocycles. The smallest absolute Gasteiger partial charge is 0.0851 e. The second-order valence-corrected chi connectivity index (χ2v) is 7.42. The summed E-state index contributed by atoms with van der Waals surface area (Å²) in [7, 11) is 0. The molecule has 2 aromatic rings. The van der Waals surface area contributed by atoms with Crippen molar-refractivity contribution in [2.45, 2.75) is 44.9 Å². The van der Waals surface area contributed by atoms with Crippen molar-refractivity contribution in [3.8, 4) is 6.07 Å². The number of nitrogens with zero attached hydrogens (tertiary/aromatic N) is 2. The van der Waals surface area contributed by atoms with Crippen LogP contribution in [0.1, 0.15) is 45.1 Å². The normalized spacial score (nSPS) is 17.9. The first kappa shape index (κ1) is 17.0. The lowest BCUT2D eigenvalue weighted by atomic mass is 9.68. The van der Waals surface area contributed by atoms with E-state index < -0.39 is 5.41 Å². The topological polar surface area (TPSA) is 27.0 Å². The van der Waals surface area contributed by atoms with E-state index in [0.717, 1.165) is 19.4 Å². The van der Waals surface area contributed by atoms with Gasteiger partial charge in [0.2, 0.25) is 0 Å². The second kappa shape index (κ2) is 7.36. The molecule has 0 radical (unpaired) electrons.